The number of ether oxygens (including phenoxy) is 3. The Bertz CT molecular complexity index is 1390. The molecule has 37 heavy (non-hydrogen) atoms. The maximum atomic E-state index is 13.6. The first-order valence-electron chi connectivity index (χ1n) is 11.5. The topological polar surface area (TPSA) is 173 Å². The first-order chi connectivity index (χ1) is 17.5. The van der Waals surface area contributed by atoms with E-state index in [1.807, 2.05) is 0 Å². The van der Waals surface area contributed by atoms with Crippen LogP contribution >= 0.6 is 0 Å². The maximum Gasteiger partial charge on any atom is 0.303 e. The molecule has 0 aliphatic heterocycles. The minimum Gasteiger partial charge on any atom is -0.508 e. The average molecular weight is 514 g/mol. The van der Waals surface area contributed by atoms with Crippen LogP contribution in [0.2, 0.25) is 0 Å². The van der Waals surface area contributed by atoms with Crippen LogP contribution in [0.5, 0.6) is 23.0 Å². The number of hydrogen-bond acceptors (Lipinski definition) is 11. The van der Waals surface area contributed by atoms with Gasteiger partial charge in [0.1, 0.15) is 46.5 Å². The third-order valence-corrected chi connectivity index (χ3v) is 6.13. The Morgan fingerprint density at radius 3 is 2.19 bits per heavy atom. The van der Waals surface area contributed by atoms with Crippen LogP contribution in [0.15, 0.2) is 45.6 Å². The maximum absolute atomic E-state index is 13.6. The Morgan fingerprint density at radius 2 is 1.57 bits per heavy atom. The fourth-order valence-corrected chi connectivity index (χ4v) is 4.54. The molecule has 1 fully saturated rings. The van der Waals surface area contributed by atoms with Crippen molar-refractivity contribution in [3.8, 4) is 34.3 Å². The quantitative estimate of drug-likeness (QED) is 0.369. The number of benzene rings is 2. The lowest BCUT2D eigenvalue weighted by atomic mass is 9.81. The van der Waals surface area contributed by atoms with E-state index < -0.39 is 53.5 Å². The molecule has 0 amide bonds. The van der Waals surface area contributed by atoms with Crippen molar-refractivity contribution in [3.05, 3.63) is 46.6 Å². The molecule has 0 spiro atoms. The van der Waals surface area contributed by atoms with Gasteiger partial charge in [-0.3, -0.25) is 14.4 Å². The summed E-state index contributed by atoms with van der Waals surface area (Å²) in [5, 5.41) is 40.6. The van der Waals surface area contributed by atoms with E-state index in [1.54, 1.807) is 6.92 Å². The van der Waals surface area contributed by atoms with Crippen LogP contribution in [-0.4, -0.2) is 56.8 Å². The molecule has 1 aliphatic rings. The lowest BCUT2D eigenvalue weighted by Gasteiger charge is -2.42. The average Bonchev–Trinajstić information content (AvgIpc) is 2.80. The van der Waals surface area contributed by atoms with Gasteiger partial charge in [0.15, 0.2) is 11.9 Å². The number of esters is 2. The van der Waals surface area contributed by atoms with Gasteiger partial charge in [0.25, 0.3) is 0 Å². The molecular formula is C26H26O11. The van der Waals surface area contributed by atoms with Crippen molar-refractivity contribution in [1.82, 2.24) is 0 Å². The summed E-state index contributed by atoms with van der Waals surface area (Å²) in [5.41, 5.74) is -0.588. The van der Waals surface area contributed by atoms with Crippen LogP contribution < -0.4 is 10.2 Å². The fourth-order valence-electron chi connectivity index (χ4n) is 4.54. The fraction of sp³-hybridized carbons (Fsp3) is 0.346. The van der Waals surface area contributed by atoms with Crippen LogP contribution in [0.3, 0.4) is 0 Å². The van der Waals surface area contributed by atoms with Crippen molar-refractivity contribution in [3.63, 3.8) is 0 Å². The normalized spacial score (nSPS) is 23.4. The second-order valence-electron chi connectivity index (χ2n) is 8.98. The van der Waals surface area contributed by atoms with Crippen LogP contribution in [0.4, 0.5) is 0 Å². The van der Waals surface area contributed by atoms with Crippen molar-refractivity contribution in [1.29, 1.82) is 0 Å². The van der Waals surface area contributed by atoms with Crippen molar-refractivity contribution in [2.75, 3.05) is 0 Å². The molecule has 1 aromatic heterocycles. The third-order valence-electron chi connectivity index (χ3n) is 6.13. The van der Waals surface area contributed by atoms with Crippen LogP contribution in [0.25, 0.3) is 22.3 Å². The van der Waals surface area contributed by atoms with Gasteiger partial charge < -0.3 is 39.1 Å². The van der Waals surface area contributed by atoms with E-state index in [-0.39, 0.29) is 40.4 Å². The molecule has 0 radical (unpaired) electrons. The molecule has 196 valence electrons. The van der Waals surface area contributed by atoms with E-state index in [0.29, 0.717) is 5.56 Å². The standard InChI is InChI=1S/C26H26O11/c1-11-8-19(25(35-13(3)28)22(33)23(11)34-12(2)27)37-26-21(32)20-17(31)9-16(30)10-18(20)36-24(26)14-4-6-15(29)7-5-14/h4-7,9-11,19,22-23,25,29-31,33H,8H2,1-3H3/t11-,19-,22-,23+,25+/m1/s1. The Labute approximate surface area is 210 Å². The molecule has 0 bridgehead atoms. The molecule has 4 N–H and O–H groups in total. The number of aromatic hydroxyl groups is 3. The van der Waals surface area contributed by atoms with Gasteiger partial charge in [0.05, 0.1) is 0 Å². The zero-order valence-electron chi connectivity index (χ0n) is 20.2. The summed E-state index contributed by atoms with van der Waals surface area (Å²) in [6.45, 7) is 4.03. The van der Waals surface area contributed by atoms with Gasteiger partial charge in [-0.25, -0.2) is 0 Å². The van der Waals surface area contributed by atoms with E-state index in [2.05, 4.69) is 0 Å². The minimum atomic E-state index is -1.46. The second-order valence-corrected chi connectivity index (χ2v) is 8.98. The number of phenolic OH excluding ortho intramolecular Hbond substituents is 3. The lowest BCUT2D eigenvalue weighted by molar-refractivity contribution is -0.196. The molecule has 3 aromatic rings. The number of aliphatic hydroxyl groups excluding tert-OH is 1. The molecule has 11 heteroatoms. The Morgan fingerprint density at radius 1 is 0.946 bits per heavy atom. The molecular weight excluding hydrogens is 488 g/mol. The molecule has 2 aromatic carbocycles. The van der Waals surface area contributed by atoms with Gasteiger partial charge in [-0.2, -0.15) is 0 Å². The molecule has 1 heterocycles. The van der Waals surface area contributed by atoms with E-state index in [1.165, 1.54) is 31.2 Å². The van der Waals surface area contributed by atoms with E-state index in [4.69, 9.17) is 18.6 Å². The first-order valence-corrected chi connectivity index (χ1v) is 11.5. The van der Waals surface area contributed by atoms with Gasteiger partial charge in [-0.15, -0.1) is 0 Å². The number of phenols is 3. The smallest absolute Gasteiger partial charge is 0.303 e. The van der Waals surface area contributed by atoms with Gasteiger partial charge in [0.2, 0.25) is 11.2 Å². The number of rotatable bonds is 5. The first kappa shape index (κ1) is 25.8. The van der Waals surface area contributed by atoms with Crippen molar-refractivity contribution >= 4 is 22.9 Å². The highest BCUT2D eigenvalue weighted by Gasteiger charge is 2.48. The molecule has 0 saturated heterocycles. The van der Waals surface area contributed by atoms with Crippen LogP contribution in [0.1, 0.15) is 27.2 Å². The van der Waals surface area contributed by atoms with Gasteiger partial charge in [-0.05, 0) is 36.6 Å². The molecule has 11 nitrogen and oxygen atoms in total. The summed E-state index contributed by atoms with van der Waals surface area (Å²) < 4.78 is 22.5. The summed E-state index contributed by atoms with van der Waals surface area (Å²) >= 11 is 0. The number of aliphatic hydroxyl groups is 1. The molecule has 0 unspecified atom stereocenters. The Hall–Kier alpha value is -4.25. The number of hydrogen-bond donors (Lipinski definition) is 4. The Kier molecular flexibility index (Phi) is 6.99. The minimum absolute atomic E-state index is 0.0414. The van der Waals surface area contributed by atoms with Crippen LogP contribution in [0, 0.1) is 5.92 Å². The molecule has 1 aliphatic carbocycles. The second kappa shape index (κ2) is 10.0. The summed E-state index contributed by atoms with van der Waals surface area (Å²) in [6.07, 6.45) is -4.72. The highest BCUT2D eigenvalue weighted by atomic mass is 16.6. The lowest BCUT2D eigenvalue weighted by Crippen LogP contribution is -2.57. The van der Waals surface area contributed by atoms with Crippen molar-refractivity contribution < 1.29 is 48.6 Å². The summed E-state index contributed by atoms with van der Waals surface area (Å²) in [4.78, 5) is 37.0. The molecule has 1 saturated carbocycles. The van der Waals surface area contributed by atoms with Gasteiger partial charge in [-0.1, -0.05) is 6.92 Å². The number of fused-ring (bicyclic) bond motifs is 1. The SMILES string of the molecule is CC(=O)O[C@@H]1[C@@H](O)[C@@H](OC(C)=O)[C@H](Oc2c(-c3ccc(O)cc3)oc3cc(O)cc(O)c3c2=O)C[C@H]1C. The zero-order valence-corrected chi connectivity index (χ0v) is 20.2. The highest BCUT2D eigenvalue weighted by molar-refractivity contribution is 5.88. The predicted octanol–water partition coefficient (Wildman–Crippen LogP) is 2.59. The van der Waals surface area contributed by atoms with E-state index >= 15 is 0 Å². The molecule has 4 rings (SSSR count). The van der Waals surface area contributed by atoms with Crippen molar-refractivity contribution in [2.45, 2.75) is 51.6 Å². The Balaban J connectivity index is 1.86. The molecule has 5 atom stereocenters. The third kappa shape index (κ3) is 5.17. The number of carbonyl (C=O) groups excluding carboxylic acids is 2. The summed E-state index contributed by atoms with van der Waals surface area (Å²) in [5.74, 6) is -3.18. The zero-order chi connectivity index (χ0) is 27.0. The predicted molar refractivity (Wildman–Crippen MR) is 128 cm³/mol. The summed E-state index contributed by atoms with van der Waals surface area (Å²) in [7, 11) is 0. The van der Waals surface area contributed by atoms with Gasteiger partial charge in [0, 0.05) is 31.5 Å². The highest BCUT2D eigenvalue weighted by Crippen LogP contribution is 2.39. The van der Waals surface area contributed by atoms with Crippen molar-refractivity contribution in [2.24, 2.45) is 5.92 Å². The monoisotopic (exact) mass is 514 g/mol. The number of carbonyl (C=O) groups is 2. The van der Waals surface area contributed by atoms with Gasteiger partial charge >= 0.3 is 11.9 Å². The van der Waals surface area contributed by atoms with E-state index in [0.717, 1.165) is 19.1 Å². The van der Waals surface area contributed by atoms with E-state index in [9.17, 15) is 34.8 Å². The van der Waals surface area contributed by atoms with Crippen LogP contribution in [-0.2, 0) is 19.1 Å². The summed E-state index contributed by atoms with van der Waals surface area (Å²) in [6, 6.07) is 7.78. The largest absolute Gasteiger partial charge is 0.508 e.